The first-order valence-corrected chi connectivity index (χ1v) is 6.27. The summed E-state index contributed by atoms with van der Waals surface area (Å²) < 4.78 is 0.458. The summed E-state index contributed by atoms with van der Waals surface area (Å²) in [7, 11) is 0. The number of ketones is 1. The molecule has 2 aromatic rings. The Bertz CT molecular complexity index is 606. The summed E-state index contributed by atoms with van der Waals surface area (Å²) in [5, 5.41) is 0.570. The molecule has 0 fully saturated rings. The van der Waals surface area contributed by atoms with Gasteiger partial charge in [0.1, 0.15) is 0 Å². The Kier molecular flexibility index (Phi) is 3.94. The zero-order valence-corrected chi connectivity index (χ0v) is 11.5. The summed E-state index contributed by atoms with van der Waals surface area (Å²) in [5.41, 5.74) is 1.27. The number of rotatable bonds is 3. The van der Waals surface area contributed by atoms with Crippen molar-refractivity contribution < 1.29 is 9.59 Å². The fourth-order valence-electron chi connectivity index (χ4n) is 1.54. The predicted molar refractivity (Wildman–Crippen MR) is 73.8 cm³/mol. The minimum atomic E-state index is -0.171. The zero-order chi connectivity index (χ0) is 13.1. The SMILES string of the molecule is O=[C]c1cccc(C(=O)c2ccc(Cl)cc2)c1Br. The van der Waals surface area contributed by atoms with E-state index in [0.717, 1.165) is 0 Å². The average molecular weight is 323 g/mol. The molecular weight excluding hydrogens is 316 g/mol. The molecule has 0 saturated carbocycles. The van der Waals surface area contributed by atoms with Gasteiger partial charge in [-0.1, -0.05) is 17.7 Å². The molecule has 2 rings (SSSR count). The van der Waals surface area contributed by atoms with E-state index < -0.39 is 0 Å². The van der Waals surface area contributed by atoms with E-state index in [1.165, 1.54) is 0 Å². The molecule has 1 radical (unpaired) electrons. The summed E-state index contributed by atoms with van der Waals surface area (Å²) in [6.45, 7) is 0. The Morgan fingerprint density at radius 2 is 1.78 bits per heavy atom. The monoisotopic (exact) mass is 321 g/mol. The Morgan fingerprint density at radius 1 is 1.11 bits per heavy atom. The summed E-state index contributed by atoms with van der Waals surface area (Å²) in [4.78, 5) is 22.9. The topological polar surface area (TPSA) is 34.1 Å². The lowest BCUT2D eigenvalue weighted by Crippen LogP contribution is -2.03. The van der Waals surface area contributed by atoms with Gasteiger partial charge < -0.3 is 0 Å². The average Bonchev–Trinajstić information content (AvgIpc) is 2.39. The molecule has 18 heavy (non-hydrogen) atoms. The van der Waals surface area contributed by atoms with Gasteiger partial charge in [-0.25, -0.2) is 0 Å². The number of carbonyl (C=O) groups is 1. The Labute approximate surface area is 118 Å². The molecule has 0 unspecified atom stereocenters. The van der Waals surface area contributed by atoms with Gasteiger partial charge in [0.2, 0.25) is 6.29 Å². The molecule has 0 amide bonds. The molecule has 0 heterocycles. The van der Waals surface area contributed by atoms with E-state index in [1.807, 2.05) is 0 Å². The fraction of sp³-hybridized carbons (Fsp3) is 0. The van der Waals surface area contributed by atoms with Crippen molar-refractivity contribution in [2.24, 2.45) is 0 Å². The largest absolute Gasteiger partial charge is 0.289 e. The zero-order valence-electron chi connectivity index (χ0n) is 9.11. The molecule has 0 aliphatic carbocycles. The second kappa shape index (κ2) is 5.46. The van der Waals surface area contributed by atoms with Crippen molar-refractivity contribution in [2.45, 2.75) is 0 Å². The summed E-state index contributed by atoms with van der Waals surface area (Å²) in [6, 6.07) is 11.5. The van der Waals surface area contributed by atoms with Gasteiger partial charge in [-0.3, -0.25) is 9.59 Å². The van der Waals surface area contributed by atoms with Crippen LogP contribution in [0, 0.1) is 0 Å². The first kappa shape index (κ1) is 13.0. The van der Waals surface area contributed by atoms with E-state index in [-0.39, 0.29) is 5.78 Å². The van der Waals surface area contributed by atoms with Crippen LogP contribution in [0.1, 0.15) is 21.5 Å². The summed E-state index contributed by atoms with van der Waals surface area (Å²) in [5.74, 6) is -0.171. The van der Waals surface area contributed by atoms with E-state index in [0.29, 0.717) is 26.2 Å². The Balaban J connectivity index is 2.46. The van der Waals surface area contributed by atoms with Gasteiger partial charge >= 0.3 is 0 Å². The number of carbonyl (C=O) groups excluding carboxylic acids is 2. The Hall–Kier alpha value is -1.45. The van der Waals surface area contributed by atoms with Crippen LogP contribution >= 0.6 is 27.5 Å². The molecular formula is C14H7BrClO2. The van der Waals surface area contributed by atoms with Crippen molar-refractivity contribution >= 4 is 39.6 Å². The van der Waals surface area contributed by atoms with Gasteiger partial charge in [0.25, 0.3) is 0 Å². The van der Waals surface area contributed by atoms with Gasteiger partial charge in [-0.2, -0.15) is 0 Å². The molecule has 4 heteroatoms. The van der Waals surface area contributed by atoms with Gasteiger partial charge in [0, 0.05) is 26.2 Å². The molecule has 2 nitrogen and oxygen atoms in total. The maximum atomic E-state index is 12.2. The molecule has 0 bridgehead atoms. The van der Waals surface area contributed by atoms with Crippen molar-refractivity contribution in [3.8, 4) is 0 Å². The third-order valence-corrected chi connectivity index (χ3v) is 3.57. The second-order valence-electron chi connectivity index (χ2n) is 3.61. The number of benzene rings is 2. The van der Waals surface area contributed by atoms with Crippen molar-refractivity contribution in [2.75, 3.05) is 0 Å². The lowest BCUT2D eigenvalue weighted by Gasteiger charge is -2.05. The van der Waals surface area contributed by atoms with Crippen molar-refractivity contribution in [1.29, 1.82) is 0 Å². The molecule has 0 aromatic heterocycles. The third kappa shape index (κ3) is 2.52. The van der Waals surface area contributed by atoms with Crippen LogP contribution in [-0.4, -0.2) is 12.1 Å². The minimum absolute atomic E-state index is 0.171. The van der Waals surface area contributed by atoms with Crippen molar-refractivity contribution in [3.63, 3.8) is 0 Å². The first-order valence-electron chi connectivity index (χ1n) is 5.10. The van der Waals surface area contributed by atoms with Crippen LogP contribution in [0.2, 0.25) is 5.02 Å². The van der Waals surface area contributed by atoms with E-state index in [4.69, 9.17) is 11.6 Å². The Morgan fingerprint density at radius 3 is 2.39 bits per heavy atom. The van der Waals surface area contributed by atoms with Crippen molar-refractivity contribution in [3.05, 3.63) is 68.7 Å². The molecule has 0 N–H and O–H groups in total. The van der Waals surface area contributed by atoms with Gasteiger partial charge in [0.15, 0.2) is 5.78 Å². The van der Waals surface area contributed by atoms with Crippen LogP contribution in [0.4, 0.5) is 0 Å². The lowest BCUT2D eigenvalue weighted by molar-refractivity contribution is 0.103. The molecule has 89 valence electrons. The molecule has 0 spiro atoms. The predicted octanol–water partition coefficient (Wildman–Crippen LogP) is 3.79. The number of hydrogen-bond acceptors (Lipinski definition) is 2. The number of halogens is 2. The van der Waals surface area contributed by atoms with E-state index in [9.17, 15) is 9.59 Å². The normalized spacial score (nSPS) is 10.1. The van der Waals surface area contributed by atoms with Gasteiger partial charge in [-0.05, 0) is 52.3 Å². The van der Waals surface area contributed by atoms with Crippen molar-refractivity contribution in [1.82, 2.24) is 0 Å². The maximum Gasteiger partial charge on any atom is 0.234 e. The van der Waals surface area contributed by atoms with Crippen LogP contribution in [0.5, 0.6) is 0 Å². The standard InChI is InChI=1S/C14H7BrClO2/c15-13-10(8-17)2-1-3-12(13)14(18)9-4-6-11(16)7-5-9/h1-7H. The molecule has 0 aliphatic rings. The quantitative estimate of drug-likeness (QED) is 0.806. The van der Waals surface area contributed by atoms with E-state index in [1.54, 1.807) is 48.8 Å². The highest BCUT2D eigenvalue weighted by Crippen LogP contribution is 2.23. The van der Waals surface area contributed by atoms with Crippen LogP contribution in [-0.2, 0) is 4.79 Å². The third-order valence-electron chi connectivity index (χ3n) is 2.46. The highest BCUT2D eigenvalue weighted by atomic mass is 79.9. The molecule has 0 saturated heterocycles. The highest BCUT2D eigenvalue weighted by molar-refractivity contribution is 9.10. The lowest BCUT2D eigenvalue weighted by atomic mass is 10.0. The van der Waals surface area contributed by atoms with Crippen LogP contribution < -0.4 is 0 Å². The van der Waals surface area contributed by atoms with Crippen LogP contribution in [0.25, 0.3) is 0 Å². The van der Waals surface area contributed by atoms with Crippen LogP contribution in [0.3, 0.4) is 0 Å². The molecule has 0 aliphatic heterocycles. The van der Waals surface area contributed by atoms with E-state index in [2.05, 4.69) is 15.9 Å². The highest BCUT2D eigenvalue weighted by Gasteiger charge is 2.14. The van der Waals surface area contributed by atoms with E-state index >= 15 is 0 Å². The minimum Gasteiger partial charge on any atom is -0.289 e. The van der Waals surface area contributed by atoms with Crippen LogP contribution in [0.15, 0.2) is 46.9 Å². The summed E-state index contributed by atoms with van der Waals surface area (Å²) in [6.07, 6.45) is 1.78. The smallest absolute Gasteiger partial charge is 0.234 e. The molecule has 0 atom stereocenters. The van der Waals surface area contributed by atoms with Gasteiger partial charge in [0.05, 0.1) is 0 Å². The number of hydrogen-bond donors (Lipinski definition) is 0. The van der Waals surface area contributed by atoms with Gasteiger partial charge in [-0.15, -0.1) is 0 Å². The molecule has 2 aromatic carbocycles. The maximum absolute atomic E-state index is 12.2. The fourth-order valence-corrected chi connectivity index (χ4v) is 2.19. The second-order valence-corrected chi connectivity index (χ2v) is 4.83. The first-order chi connectivity index (χ1) is 8.63. The summed E-state index contributed by atoms with van der Waals surface area (Å²) >= 11 is 9.01.